The predicted molar refractivity (Wildman–Crippen MR) is 189 cm³/mol. The van der Waals surface area contributed by atoms with Gasteiger partial charge in [-0.25, -0.2) is 4.98 Å². The first-order chi connectivity index (χ1) is 22.6. The van der Waals surface area contributed by atoms with Crippen molar-refractivity contribution in [3.8, 4) is 45.0 Å². The fraction of sp³-hybridized carbons (Fsp3) is 0. The van der Waals surface area contributed by atoms with Crippen LogP contribution in [0.4, 0.5) is 0 Å². The van der Waals surface area contributed by atoms with Crippen LogP contribution in [0.2, 0.25) is 5.28 Å². The number of hydrogen-bond donors (Lipinski definition) is 0. The van der Waals surface area contributed by atoms with Crippen molar-refractivity contribution >= 4 is 55.1 Å². The summed E-state index contributed by atoms with van der Waals surface area (Å²) in [7, 11) is 0. The fourth-order valence-corrected chi connectivity index (χ4v) is 6.45. The van der Waals surface area contributed by atoms with Crippen molar-refractivity contribution in [3.05, 3.63) is 151 Å². The lowest BCUT2D eigenvalue weighted by Crippen LogP contribution is -1.97. The number of para-hydroxylation sites is 1. The summed E-state index contributed by atoms with van der Waals surface area (Å²) < 4.78 is 6.10. The van der Waals surface area contributed by atoms with Crippen LogP contribution < -0.4 is 0 Å². The number of benzene rings is 7. The predicted octanol–water partition coefficient (Wildman–Crippen LogP) is 11.4. The lowest BCUT2D eigenvalue weighted by atomic mass is 9.96. The number of nitrogens with zero attached hydrogens (tertiary/aromatic N) is 3. The average Bonchev–Trinajstić information content (AvgIpc) is 3.49. The van der Waals surface area contributed by atoms with Crippen molar-refractivity contribution in [2.45, 2.75) is 0 Å². The van der Waals surface area contributed by atoms with E-state index in [4.69, 9.17) is 21.0 Å². The molecule has 0 amide bonds. The number of fused-ring (bicyclic) bond motifs is 5. The third kappa shape index (κ3) is 4.68. The van der Waals surface area contributed by atoms with Gasteiger partial charge in [-0.2, -0.15) is 9.97 Å². The van der Waals surface area contributed by atoms with Crippen LogP contribution in [0.1, 0.15) is 0 Å². The molecule has 0 fully saturated rings. The highest BCUT2D eigenvalue weighted by atomic mass is 35.5. The van der Waals surface area contributed by atoms with Crippen LogP contribution in [0.25, 0.3) is 88.5 Å². The summed E-state index contributed by atoms with van der Waals surface area (Å²) in [6.45, 7) is 0. The number of aromatic nitrogens is 3. The molecule has 216 valence electrons. The number of hydrogen-bond acceptors (Lipinski definition) is 4. The van der Waals surface area contributed by atoms with Gasteiger partial charge in [0.2, 0.25) is 5.28 Å². The molecule has 46 heavy (non-hydrogen) atoms. The van der Waals surface area contributed by atoms with Gasteiger partial charge < -0.3 is 4.42 Å². The van der Waals surface area contributed by atoms with E-state index >= 15 is 0 Å². The molecule has 0 bridgehead atoms. The molecule has 0 aliphatic carbocycles. The molecule has 0 aliphatic heterocycles. The Kier molecular flexibility index (Phi) is 6.15. The van der Waals surface area contributed by atoms with Gasteiger partial charge in [0.1, 0.15) is 11.2 Å². The quantitative estimate of drug-likeness (QED) is 0.199. The molecule has 4 nitrogen and oxygen atoms in total. The van der Waals surface area contributed by atoms with Crippen LogP contribution in [-0.2, 0) is 0 Å². The summed E-state index contributed by atoms with van der Waals surface area (Å²) in [5.74, 6) is 1.01. The van der Waals surface area contributed by atoms with Crippen molar-refractivity contribution in [1.29, 1.82) is 0 Å². The summed E-state index contributed by atoms with van der Waals surface area (Å²) in [6, 6.07) is 50.6. The van der Waals surface area contributed by atoms with Gasteiger partial charge in [-0.05, 0) is 97.9 Å². The summed E-state index contributed by atoms with van der Waals surface area (Å²) in [6.07, 6.45) is 0. The van der Waals surface area contributed by atoms with Gasteiger partial charge in [0.15, 0.2) is 11.6 Å². The Bertz CT molecular complexity index is 2620. The molecule has 0 spiro atoms. The Morgan fingerprint density at radius 1 is 0.370 bits per heavy atom. The zero-order valence-electron chi connectivity index (χ0n) is 24.5. The second-order valence-corrected chi connectivity index (χ2v) is 11.8. The van der Waals surface area contributed by atoms with E-state index in [0.717, 1.165) is 44.2 Å². The van der Waals surface area contributed by atoms with Crippen LogP contribution in [0.5, 0.6) is 0 Å². The monoisotopic (exact) mass is 609 g/mol. The van der Waals surface area contributed by atoms with Crippen LogP contribution in [0.3, 0.4) is 0 Å². The number of rotatable bonds is 4. The second kappa shape index (κ2) is 10.7. The van der Waals surface area contributed by atoms with Gasteiger partial charge in [-0.15, -0.1) is 0 Å². The van der Waals surface area contributed by atoms with Crippen molar-refractivity contribution in [2.24, 2.45) is 0 Å². The van der Waals surface area contributed by atoms with Crippen molar-refractivity contribution < 1.29 is 4.42 Å². The minimum Gasteiger partial charge on any atom is -0.456 e. The highest BCUT2D eigenvalue weighted by molar-refractivity contribution is 6.28. The third-order valence-electron chi connectivity index (χ3n) is 8.62. The summed E-state index contributed by atoms with van der Waals surface area (Å²) in [4.78, 5) is 13.8. The maximum Gasteiger partial charge on any atom is 0.226 e. The Morgan fingerprint density at radius 3 is 1.67 bits per heavy atom. The molecule has 7 aromatic carbocycles. The molecule has 0 aliphatic rings. The van der Waals surface area contributed by atoms with Crippen molar-refractivity contribution in [3.63, 3.8) is 0 Å². The van der Waals surface area contributed by atoms with Gasteiger partial charge >= 0.3 is 0 Å². The van der Waals surface area contributed by atoms with E-state index < -0.39 is 0 Å². The molecule has 2 aromatic heterocycles. The van der Waals surface area contributed by atoms with E-state index in [9.17, 15) is 0 Å². The minimum absolute atomic E-state index is 0.141. The Hall–Kier alpha value is -5.84. The summed E-state index contributed by atoms with van der Waals surface area (Å²) in [5.41, 5.74) is 7.87. The van der Waals surface area contributed by atoms with E-state index in [2.05, 4.69) is 107 Å². The van der Waals surface area contributed by atoms with E-state index in [1.54, 1.807) is 0 Å². The highest BCUT2D eigenvalue weighted by Gasteiger charge is 2.14. The fourth-order valence-electron chi connectivity index (χ4n) is 6.29. The van der Waals surface area contributed by atoms with Crippen LogP contribution >= 0.6 is 11.6 Å². The number of halogens is 1. The topological polar surface area (TPSA) is 51.8 Å². The zero-order chi connectivity index (χ0) is 30.6. The lowest BCUT2D eigenvalue weighted by Gasteiger charge is -2.10. The third-order valence-corrected chi connectivity index (χ3v) is 8.79. The SMILES string of the molecule is Clc1nc(-c2cccc(-c3ccc4ccc(-c5ccc6ccccc6c5)cc4c3)c2)nc(-c2ccc3c(c2)oc2ccccc23)n1. The molecule has 5 heteroatoms. The summed E-state index contributed by atoms with van der Waals surface area (Å²) in [5, 5.41) is 7.12. The number of furan rings is 1. The van der Waals surface area contributed by atoms with Crippen LogP contribution in [-0.4, -0.2) is 15.0 Å². The largest absolute Gasteiger partial charge is 0.456 e. The van der Waals surface area contributed by atoms with Gasteiger partial charge in [0.25, 0.3) is 0 Å². The van der Waals surface area contributed by atoms with Gasteiger partial charge in [-0.3, -0.25) is 0 Å². The van der Waals surface area contributed by atoms with Gasteiger partial charge in [0.05, 0.1) is 0 Å². The first kappa shape index (κ1) is 26.6. The lowest BCUT2D eigenvalue weighted by molar-refractivity contribution is 0.669. The van der Waals surface area contributed by atoms with Gasteiger partial charge in [-0.1, -0.05) is 103 Å². The van der Waals surface area contributed by atoms with E-state index in [1.807, 2.05) is 48.5 Å². The second-order valence-electron chi connectivity index (χ2n) is 11.5. The molecular weight excluding hydrogens is 586 g/mol. The van der Waals surface area contributed by atoms with E-state index in [1.165, 1.54) is 32.7 Å². The van der Waals surface area contributed by atoms with Crippen LogP contribution in [0.15, 0.2) is 150 Å². The molecular formula is C41H24ClN3O. The molecule has 0 saturated carbocycles. The normalized spacial score (nSPS) is 11.6. The Morgan fingerprint density at radius 2 is 0.913 bits per heavy atom. The van der Waals surface area contributed by atoms with Crippen molar-refractivity contribution in [1.82, 2.24) is 15.0 Å². The molecule has 9 aromatic rings. The smallest absolute Gasteiger partial charge is 0.226 e. The Balaban J connectivity index is 1.07. The molecule has 0 atom stereocenters. The molecule has 0 radical (unpaired) electrons. The molecule has 2 heterocycles. The van der Waals surface area contributed by atoms with Crippen molar-refractivity contribution in [2.75, 3.05) is 0 Å². The zero-order valence-corrected chi connectivity index (χ0v) is 25.2. The first-order valence-electron chi connectivity index (χ1n) is 15.1. The minimum atomic E-state index is 0.141. The Labute approximate surface area is 269 Å². The van der Waals surface area contributed by atoms with E-state index in [0.29, 0.717) is 11.6 Å². The maximum absolute atomic E-state index is 6.47. The molecule has 0 saturated heterocycles. The molecule has 9 rings (SSSR count). The summed E-state index contributed by atoms with van der Waals surface area (Å²) >= 11 is 6.47. The average molecular weight is 610 g/mol. The maximum atomic E-state index is 6.47. The first-order valence-corrected chi connectivity index (χ1v) is 15.5. The standard InChI is InChI=1S/C41H24ClN3O/c42-41-44-39(43-40(45-41)33-18-19-36-35-10-3-4-11-37(35)46-38(36)24-33)32-9-5-8-28(21-32)30-16-13-26-14-17-31(23-34(26)22-30)29-15-12-25-6-1-2-7-27(25)20-29/h1-24H. The van der Waals surface area contributed by atoms with Crippen LogP contribution in [0, 0.1) is 0 Å². The highest BCUT2D eigenvalue weighted by Crippen LogP contribution is 2.34. The molecule has 0 unspecified atom stereocenters. The van der Waals surface area contributed by atoms with Gasteiger partial charge in [0, 0.05) is 21.9 Å². The molecule has 0 N–H and O–H groups in total. The van der Waals surface area contributed by atoms with E-state index in [-0.39, 0.29) is 5.28 Å².